The first kappa shape index (κ1) is 40.2. The molecule has 58 heavy (non-hydrogen) atoms. The van der Waals surface area contributed by atoms with Crippen molar-refractivity contribution in [1.82, 2.24) is 0 Å². The molecule has 6 aromatic carbocycles. The Labute approximate surface area is 340 Å². The number of hydrazine groups is 2. The zero-order valence-corrected chi connectivity index (χ0v) is 33.8. The zero-order valence-electron chi connectivity index (χ0n) is 33.8. The highest BCUT2D eigenvalue weighted by Crippen LogP contribution is 2.32. The lowest BCUT2D eigenvalue weighted by molar-refractivity contribution is 0.0985. The molecule has 0 radical (unpaired) electrons. The molecule has 0 saturated heterocycles. The first-order chi connectivity index (χ1) is 27.9. The Balaban J connectivity index is 1.11. The molecule has 296 valence electrons. The molecule has 0 aliphatic carbocycles. The highest BCUT2D eigenvalue weighted by Gasteiger charge is 2.22. The lowest BCUT2D eigenvalue weighted by Crippen LogP contribution is -2.38. The molecule has 3 amide bonds. The van der Waals surface area contributed by atoms with Gasteiger partial charge >= 0.3 is 0 Å². The predicted octanol–water partition coefficient (Wildman–Crippen LogP) is 8.09. The average molecular weight is 776 g/mol. The number of para-hydroxylation sites is 6. The van der Waals surface area contributed by atoms with Crippen molar-refractivity contribution in [2.24, 2.45) is 0 Å². The van der Waals surface area contributed by atoms with E-state index in [0.29, 0.717) is 33.8 Å². The molecule has 0 bridgehead atoms. The third-order valence-electron chi connectivity index (χ3n) is 10.3. The summed E-state index contributed by atoms with van der Waals surface area (Å²) in [5, 5.41) is 14.0. The Hall–Kier alpha value is -7.47. The fraction of sp³-hybridized carbons (Fsp3) is 0.152. The first-order valence-electron chi connectivity index (χ1n) is 18.7. The van der Waals surface area contributed by atoms with Gasteiger partial charge in [0.2, 0.25) is 0 Å². The van der Waals surface area contributed by atoms with E-state index < -0.39 is 0 Å². The number of hydrogen-bond acceptors (Lipinski definition) is 9. The smallest absolute Gasteiger partial charge is 0.258 e. The summed E-state index contributed by atoms with van der Waals surface area (Å²) < 4.78 is 0. The standard InChI is InChI=1S/C46H49N9O3/c1-48-35-26-20-33(21-27-35)46(58)51(3)42-18-12-13-19-43(42)55(7)53(5)36-28-22-32(23-29-36)44(56)49-39-15-9-11-17-41(39)54(6)52(4)37-30-24-34(25-31-37)45(57)50(2)40-16-10-8-14-38(40)47/h8-31,48H,47H2,1-7H3,(H,49,56). The number of nitrogens with zero attached hydrogens (tertiary/aromatic N) is 6. The van der Waals surface area contributed by atoms with Crippen molar-refractivity contribution in [2.45, 2.75) is 0 Å². The van der Waals surface area contributed by atoms with Gasteiger partial charge in [-0.15, -0.1) is 0 Å². The summed E-state index contributed by atoms with van der Waals surface area (Å²) in [6.07, 6.45) is 0. The number of hydrogen-bond donors (Lipinski definition) is 3. The number of carbonyl (C=O) groups excluding carboxylic acids is 3. The van der Waals surface area contributed by atoms with Crippen LogP contribution in [0.3, 0.4) is 0 Å². The van der Waals surface area contributed by atoms with Gasteiger partial charge in [-0.05, 0) is 109 Å². The van der Waals surface area contributed by atoms with Crippen LogP contribution in [0.15, 0.2) is 146 Å². The highest BCUT2D eigenvalue weighted by molar-refractivity contribution is 6.09. The maximum absolute atomic E-state index is 13.6. The van der Waals surface area contributed by atoms with E-state index in [9.17, 15) is 14.4 Å². The van der Waals surface area contributed by atoms with Gasteiger partial charge in [-0.2, -0.15) is 0 Å². The van der Waals surface area contributed by atoms with Gasteiger partial charge in [0.1, 0.15) is 0 Å². The van der Waals surface area contributed by atoms with Crippen LogP contribution in [0.4, 0.5) is 51.2 Å². The van der Waals surface area contributed by atoms with Crippen LogP contribution in [0.25, 0.3) is 0 Å². The monoisotopic (exact) mass is 775 g/mol. The molecule has 12 heteroatoms. The van der Waals surface area contributed by atoms with Gasteiger partial charge in [0.25, 0.3) is 17.7 Å². The molecule has 0 aliphatic heterocycles. The number of rotatable bonds is 13. The number of nitrogen functional groups attached to an aromatic ring is 1. The Kier molecular flexibility index (Phi) is 12.2. The molecule has 0 aromatic heterocycles. The van der Waals surface area contributed by atoms with Gasteiger partial charge in [-0.25, -0.2) is 0 Å². The van der Waals surface area contributed by atoms with E-state index in [1.165, 1.54) is 0 Å². The summed E-state index contributed by atoms with van der Waals surface area (Å²) in [5.74, 6) is -0.554. The number of amides is 3. The minimum absolute atomic E-state index is 0.123. The van der Waals surface area contributed by atoms with Gasteiger partial charge < -0.3 is 26.2 Å². The van der Waals surface area contributed by atoms with Crippen LogP contribution < -0.4 is 46.2 Å². The fourth-order valence-corrected chi connectivity index (χ4v) is 6.57. The normalized spacial score (nSPS) is 10.6. The van der Waals surface area contributed by atoms with E-state index in [1.54, 1.807) is 54.2 Å². The fourth-order valence-electron chi connectivity index (χ4n) is 6.57. The number of nitrogens with two attached hydrogens (primary N) is 1. The van der Waals surface area contributed by atoms with E-state index >= 15 is 0 Å². The molecule has 0 saturated carbocycles. The second kappa shape index (κ2) is 17.5. The summed E-state index contributed by atoms with van der Waals surface area (Å²) in [7, 11) is 13.0. The summed E-state index contributed by atoms with van der Waals surface area (Å²) in [6, 6.07) is 44.6. The minimum atomic E-state index is -0.259. The number of anilines is 9. The highest BCUT2D eigenvalue weighted by atomic mass is 16.2. The van der Waals surface area contributed by atoms with Crippen LogP contribution in [0.5, 0.6) is 0 Å². The molecule has 6 aromatic rings. The van der Waals surface area contributed by atoms with E-state index in [2.05, 4.69) is 10.6 Å². The van der Waals surface area contributed by atoms with Gasteiger partial charge in [-0.3, -0.25) is 34.4 Å². The molecule has 0 unspecified atom stereocenters. The molecule has 4 N–H and O–H groups in total. The van der Waals surface area contributed by atoms with Crippen molar-refractivity contribution in [3.8, 4) is 0 Å². The van der Waals surface area contributed by atoms with Crippen LogP contribution in [0, 0.1) is 0 Å². The third-order valence-corrected chi connectivity index (χ3v) is 10.3. The Morgan fingerprint density at radius 1 is 0.448 bits per heavy atom. The van der Waals surface area contributed by atoms with Crippen molar-refractivity contribution in [1.29, 1.82) is 0 Å². The van der Waals surface area contributed by atoms with Gasteiger partial charge in [-0.1, -0.05) is 36.4 Å². The number of nitrogens with one attached hydrogen (secondary N) is 2. The summed E-state index contributed by atoms with van der Waals surface area (Å²) in [5.41, 5.74) is 14.5. The van der Waals surface area contributed by atoms with E-state index in [4.69, 9.17) is 5.73 Å². The number of carbonyl (C=O) groups is 3. The van der Waals surface area contributed by atoms with Crippen LogP contribution in [0.2, 0.25) is 0 Å². The summed E-state index contributed by atoms with van der Waals surface area (Å²) >= 11 is 0. The van der Waals surface area contributed by atoms with Crippen molar-refractivity contribution < 1.29 is 14.4 Å². The third kappa shape index (κ3) is 8.51. The van der Waals surface area contributed by atoms with Gasteiger partial charge in [0.05, 0.1) is 45.5 Å². The lowest BCUT2D eigenvalue weighted by Gasteiger charge is -2.35. The van der Waals surface area contributed by atoms with Crippen molar-refractivity contribution >= 4 is 68.9 Å². The van der Waals surface area contributed by atoms with E-state index in [-0.39, 0.29) is 17.7 Å². The largest absolute Gasteiger partial charge is 0.397 e. The summed E-state index contributed by atoms with van der Waals surface area (Å²) in [4.78, 5) is 43.5. The lowest BCUT2D eigenvalue weighted by atomic mass is 10.1. The quantitative estimate of drug-likeness (QED) is 0.0790. The van der Waals surface area contributed by atoms with Crippen molar-refractivity contribution in [3.63, 3.8) is 0 Å². The molecule has 12 nitrogen and oxygen atoms in total. The molecule has 0 aliphatic rings. The van der Waals surface area contributed by atoms with E-state index in [1.807, 2.05) is 171 Å². The van der Waals surface area contributed by atoms with Crippen LogP contribution in [-0.2, 0) is 0 Å². The molecule has 6 rings (SSSR count). The maximum atomic E-state index is 13.6. The van der Waals surface area contributed by atoms with Gasteiger partial charge in [0, 0.05) is 71.7 Å². The Bertz CT molecular complexity index is 2380. The molecular formula is C46H49N9O3. The average Bonchev–Trinajstić information content (AvgIpc) is 3.27. The summed E-state index contributed by atoms with van der Waals surface area (Å²) in [6.45, 7) is 0. The SMILES string of the molecule is CNc1ccc(C(=O)N(C)c2ccccc2N(C)N(C)c2ccc(C(=O)Nc3ccccc3N(C)N(C)c3ccc(C(=O)N(C)c4ccccc4N)cc3)cc2)cc1. The van der Waals surface area contributed by atoms with Crippen LogP contribution in [0.1, 0.15) is 31.1 Å². The van der Waals surface area contributed by atoms with E-state index in [0.717, 1.165) is 34.1 Å². The molecule has 0 spiro atoms. The van der Waals surface area contributed by atoms with Gasteiger partial charge in [0.15, 0.2) is 0 Å². The molecule has 0 heterocycles. The van der Waals surface area contributed by atoms with Crippen molar-refractivity contribution in [3.05, 3.63) is 162 Å². The second-order valence-corrected chi connectivity index (χ2v) is 13.8. The minimum Gasteiger partial charge on any atom is -0.397 e. The molecule has 0 atom stereocenters. The molecular weight excluding hydrogens is 727 g/mol. The predicted molar refractivity (Wildman–Crippen MR) is 240 cm³/mol. The Morgan fingerprint density at radius 2 is 0.862 bits per heavy atom. The zero-order chi connectivity index (χ0) is 41.5. The van der Waals surface area contributed by atoms with Crippen LogP contribution in [-0.4, -0.2) is 67.1 Å². The topological polar surface area (TPSA) is 121 Å². The van der Waals surface area contributed by atoms with Crippen molar-refractivity contribution in [2.75, 3.05) is 95.5 Å². The Morgan fingerprint density at radius 3 is 1.40 bits per heavy atom. The number of benzene rings is 6. The van der Waals surface area contributed by atoms with Crippen LogP contribution >= 0.6 is 0 Å². The second-order valence-electron chi connectivity index (χ2n) is 13.8. The first-order valence-corrected chi connectivity index (χ1v) is 18.7. The molecule has 0 fully saturated rings. The maximum Gasteiger partial charge on any atom is 0.258 e.